The Balaban J connectivity index is 2.03. The van der Waals surface area contributed by atoms with Crippen LogP contribution in [0.2, 0.25) is 5.02 Å². The molecule has 1 heterocycles. The number of benzene rings is 1. The van der Waals surface area contributed by atoms with E-state index in [1.165, 1.54) is 6.20 Å². The third-order valence-electron chi connectivity index (χ3n) is 3.43. The van der Waals surface area contributed by atoms with E-state index in [0.717, 1.165) is 0 Å². The Hall–Kier alpha value is -2.11. The average Bonchev–Trinajstić information content (AvgIpc) is 2.54. The number of pyridine rings is 1. The summed E-state index contributed by atoms with van der Waals surface area (Å²) in [6.45, 7) is 4.35. The van der Waals surface area contributed by atoms with Gasteiger partial charge in [0.05, 0.1) is 5.56 Å². The lowest BCUT2D eigenvalue weighted by molar-refractivity contribution is 0.0715. The Bertz CT molecular complexity index is 672. The molecular formula is C17H20ClN3O2. The third kappa shape index (κ3) is 4.43. The summed E-state index contributed by atoms with van der Waals surface area (Å²) in [4.78, 5) is 15.9. The quantitative estimate of drug-likeness (QED) is 0.760. The largest absolute Gasteiger partial charge is 0.384 e. The van der Waals surface area contributed by atoms with Crippen LogP contribution in [-0.4, -0.2) is 29.1 Å². The van der Waals surface area contributed by atoms with Crippen molar-refractivity contribution in [2.45, 2.75) is 19.4 Å². The molecule has 5 nitrogen and oxygen atoms in total. The predicted octanol–water partition coefficient (Wildman–Crippen LogP) is 2.80. The summed E-state index contributed by atoms with van der Waals surface area (Å²) in [5, 5.41) is 16.9. The molecule has 6 heteroatoms. The molecule has 0 fully saturated rings. The van der Waals surface area contributed by atoms with E-state index in [4.69, 9.17) is 11.6 Å². The van der Waals surface area contributed by atoms with Crippen LogP contribution in [0, 0.1) is 0 Å². The van der Waals surface area contributed by atoms with E-state index in [-0.39, 0.29) is 12.5 Å². The van der Waals surface area contributed by atoms with Crippen LogP contribution in [-0.2, 0) is 5.60 Å². The van der Waals surface area contributed by atoms with Gasteiger partial charge in [0.1, 0.15) is 11.4 Å². The average molecular weight is 334 g/mol. The number of amides is 1. The standard InChI is InChI=1S/C17H20ClN3O2/c1-3-19-16(22)12-8-9-15(20-10-12)21-11-17(2,23)13-6-4-5-7-14(13)18/h4-10,23H,3,11H2,1-2H3,(H,19,22)(H,20,21). The lowest BCUT2D eigenvalue weighted by Gasteiger charge is -2.25. The molecule has 3 N–H and O–H groups in total. The summed E-state index contributed by atoms with van der Waals surface area (Å²) in [5.41, 5.74) is 0.00142. The van der Waals surface area contributed by atoms with Crippen molar-refractivity contribution >= 4 is 23.3 Å². The van der Waals surface area contributed by atoms with Gasteiger partial charge in [-0.05, 0) is 32.0 Å². The number of halogens is 1. The number of nitrogens with one attached hydrogen (secondary N) is 2. The van der Waals surface area contributed by atoms with Crippen molar-refractivity contribution in [3.8, 4) is 0 Å². The number of anilines is 1. The van der Waals surface area contributed by atoms with E-state index in [1.807, 2.05) is 19.1 Å². The fourth-order valence-electron chi connectivity index (χ4n) is 2.15. The van der Waals surface area contributed by atoms with Crippen molar-refractivity contribution in [2.24, 2.45) is 0 Å². The molecule has 1 atom stereocenters. The number of hydrogen-bond donors (Lipinski definition) is 3. The fraction of sp³-hybridized carbons (Fsp3) is 0.294. The summed E-state index contributed by atoms with van der Waals surface area (Å²) in [6.07, 6.45) is 1.50. The van der Waals surface area contributed by atoms with Gasteiger partial charge in [0, 0.05) is 29.9 Å². The van der Waals surface area contributed by atoms with Gasteiger partial charge in [-0.15, -0.1) is 0 Å². The minimum absolute atomic E-state index is 0.158. The second-order valence-corrected chi connectivity index (χ2v) is 5.81. The maximum absolute atomic E-state index is 11.7. The first-order chi connectivity index (χ1) is 10.9. The zero-order valence-corrected chi connectivity index (χ0v) is 13.9. The monoisotopic (exact) mass is 333 g/mol. The molecule has 2 aromatic rings. The Labute approximate surface area is 140 Å². The lowest BCUT2D eigenvalue weighted by Crippen LogP contribution is -2.31. The second kappa shape index (κ2) is 7.44. The minimum Gasteiger partial charge on any atom is -0.384 e. The van der Waals surface area contributed by atoms with Crippen LogP contribution >= 0.6 is 11.6 Å². The second-order valence-electron chi connectivity index (χ2n) is 5.40. The molecule has 0 aliphatic heterocycles. The number of rotatable bonds is 6. The molecule has 0 radical (unpaired) electrons. The Kier molecular flexibility index (Phi) is 5.58. The molecule has 0 saturated carbocycles. The maximum atomic E-state index is 11.7. The summed E-state index contributed by atoms with van der Waals surface area (Å²) < 4.78 is 0. The van der Waals surface area contributed by atoms with Crippen LogP contribution in [0.15, 0.2) is 42.6 Å². The summed E-state index contributed by atoms with van der Waals surface area (Å²) in [6, 6.07) is 10.6. The minimum atomic E-state index is -1.14. The van der Waals surface area contributed by atoms with Crippen molar-refractivity contribution in [1.29, 1.82) is 0 Å². The smallest absolute Gasteiger partial charge is 0.252 e. The SMILES string of the molecule is CCNC(=O)c1ccc(NCC(C)(O)c2ccccc2Cl)nc1. The highest BCUT2D eigenvalue weighted by Crippen LogP contribution is 2.27. The zero-order chi connectivity index (χ0) is 16.9. The first kappa shape index (κ1) is 17.2. The maximum Gasteiger partial charge on any atom is 0.252 e. The molecule has 122 valence electrons. The Morgan fingerprint density at radius 3 is 2.65 bits per heavy atom. The molecule has 2 rings (SSSR count). The highest BCUT2D eigenvalue weighted by atomic mass is 35.5. The van der Waals surface area contributed by atoms with Crippen molar-refractivity contribution in [1.82, 2.24) is 10.3 Å². The van der Waals surface area contributed by atoms with Crippen LogP contribution in [0.25, 0.3) is 0 Å². The van der Waals surface area contributed by atoms with Crippen LogP contribution in [0.3, 0.4) is 0 Å². The van der Waals surface area contributed by atoms with Crippen molar-refractivity contribution in [2.75, 3.05) is 18.4 Å². The highest BCUT2D eigenvalue weighted by molar-refractivity contribution is 6.31. The lowest BCUT2D eigenvalue weighted by atomic mass is 9.96. The molecule has 0 aliphatic rings. The van der Waals surface area contributed by atoms with Crippen LogP contribution in [0.5, 0.6) is 0 Å². The number of aromatic nitrogens is 1. The van der Waals surface area contributed by atoms with Gasteiger partial charge in [0.15, 0.2) is 0 Å². The van der Waals surface area contributed by atoms with Crippen LogP contribution in [0.4, 0.5) is 5.82 Å². The zero-order valence-electron chi connectivity index (χ0n) is 13.1. The van der Waals surface area contributed by atoms with Gasteiger partial charge in [0.2, 0.25) is 0 Å². The van der Waals surface area contributed by atoms with Crippen molar-refractivity contribution < 1.29 is 9.90 Å². The molecule has 1 amide bonds. The summed E-state index contributed by atoms with van der Waals surface area (Å²) >= 11 is 6.13. The van der Waals surface area contributed by atoms with E-state index >= 15 is 0 Å². The number of carbonyl (C=O) groups excluding carboxylic acids is 1. The number of nitrogens with zero attached hydrogens (tertiary/aromatic N) is 1. The molecule has 23 heavy (non-hydrogen) atoms. The summed E-state index contributed by atoms with van der Waals surface area (Å²) in [7, 11) is 0. The van der Waals surface area contributed by atoms with E-state index < -0.39 is 5.60 Å². The molecule has 1 aromatic carbocycles. The third-order valence-corrected chi connectivity index (χ3v) is 3.76. The molecular weight excluding hydrogens is 314 g/mol. The van der Waals surface area contributed by atoms with Crippen LogP contribution < -0.4 is 10.6 Å². The number of hydrogen-bond acceptors (Lipinski definition) is 4. The van der Waals surface area contributed by atoms with Gasteiger partial charge >= 0.3 is 0 Å². The molecule has 0 aliphatic carbocycles. The molecule has 1 aromatic heterocycles. The first-order valence-electron chi connectivity index (χ1n) is 7.39. The van der Waals surface area contributed by atoms with Gasteiger partial charge in [-0.1, -0.05) is 29.8 Å². The van der Waals surface area contributed by atoms with E-state index in [0.29, 0.717) is 28.5 Å². The Morgan fingerprint density at radius 1 is 1.30 bits per heavy atom. The normalized spacial score (nSPS) is 13.2. The summed E-state index contributed by atoms with van der Waals surface area (Å²) in [5.74, 6) is 0.417. The first-order valence-corrected chi connectivity index (χ1v) is 7.77. The van der Waals surface area contributed by atoms with Gasteiger partial charge in [0.25, 0.3) is 5.91 Å². The van der Waals surface area contributed by atoms with E-state index in [9.17, 15) is 9.90 Å². The van der Waals surface area contributed by atoms with Crippen LogP contribution in [0.1, 0.15) is 29.8 Å². The molecule has 0 saturated heterocycles. The van der Waals surface area contributed by atoms with Crippen molar-refractivity contribution in [3.05, 3.63) is 58.7 Å². The van der Waals surface area contributed by atoms with Gasteiger partial charge in [-0.3, -0.25) is 4.79 Å². The van der Waals surface area contributed by atoms with Gasteiger partial charge in [-0.2, -0.15) is 0 Å². The molecule has 1 unspecified atom stereocenters. The molecule has 0 spiro atoms. The topological polar surface area (TPSA) is 74.2 Å². The Morgan fingerprint density at radius 2 is 2.04 bits per heavy atom. The highest BCUT2D eigenvalue weighted by Gasteiger charge is 2.25. The fourth-order valence-corrected chi connectivity index (χ4v) is 2.49. The number of aliphatic hydroxyl groups is 1. The van der Waals surface area contributed by atoms with Gasteiger partial charge in [-0.25, -0.2) is 4.98 Å². The predicted molar refractivity (Wildman–Crippen MR) is 91.8 cm³/mol. The van der Waals surface area contributed by atoms with Gasteiger partial charge < -0.3 is 15.7 Å². The molecule has 0 bridgehead atoms. The number of carbonyl (C=O) groups is 1. The van der Waals surface area contributed by atoms with Crippen molar-refractivity contribution in [3.63, 3.8) is 0 Å². The van der Waals surface area contributed by atoms with E-state index in [1.54, 1.807) is 31.2 Å². The van der Waals surface area contributed by atoms with E-state index in [2.05, 4.69) is 15.6 Å².